The predicted molar refractivity (Wildman–Crippen MR) is 150 cm³/mol. The topological polar surface area (TPSA) is 69.7 Å². The minimum absolute atomic E-state index is 0.0352. The van der Waals surface area contributed by atoms with Crippen LogP contribution in [0.4, 0.5) is 0 Å². The van der Waals surface area contributed by atoms with Crippen LogP contribution in [0.5, 0.6) is 0 Å². The lowest BCUT2D eigenvalue weighted by Gasteiger charge is -2.18. The number of nitrogens with zero attached hydrogens (tertiary/aromatic N) is 2. The fourth-order valence-electron chi connectivity index (χ4n) is 5.67. The summed E-state index contributed by atoms with van der Waals surface area (Å²) in [6.07, 6.45) is 2.05. The lowest BCUT2D eigenvalue weighted by Crippen LogP contribution is -2.31. The molecule has 3 aromatic rings. The average Bonchev–Trinajstić information content (AvgIpc) is 3.53. The van der Waals surface area contributed by atoms with Crippen molar-refractivity contribution in [2.45, 2.75) is 33.1 Å². The van der Waals surface area contributed by atoms with E-state index in [0.29, 0.717) is 49.0 Å². The molecule has 2 heterocycles. The number of benzene rings is 3. The molecule has 0 spiro atoms. The minimum Gasteiger partial charge on any atom is -0.356 e. The number of likely N-dealkylation sites (tertiary alicyclic amines) is 2. The van der Waals surface area contributed by atoms with E-state index in [1.807, 2.05) is 21.9 Å². The Labute approximate surface area is 225 Å². The molecule has 3 aromatic carbocycles. The highest BCUT2D eigenvalue weighted by atomic mass is 16.2. The number of carbonyl (C=O) groups excluding carboxylic acids is 3. The summed E-state index contributed by atoms with van der Waals surface area (Å²) >= 11 is 0. The summed E-state index contributed by atoms with van der Waals surface area (Å²) in [6.45, 7) is 7.77. The van der Waals surface area contributed by atoms with E-state index in [9.17, 15) is 14.4 Å². The van der Waals surface area contributed by atoms with Crippen LogP contribution in [0, 0.1) is 17.8 Å². The zero-order chi connectivity index (χ0) is 26.6. The molecule has 2 unspecified atom stereocenters. The van der Waals surface area contributed by atoms with Crippen LogP contribution in [0.2, 0.25) is 0 Å². The van der Waals surface area contributed by atoms with Crippen molar-refractivity contribution >= 4 is 28.5 Å². The highest BCUT2D eigenvalue weighted by Crippen LogP contribution is 2.25. The van der Waals surface area contributed by atoms with Gasteiger partial charge in [-0.3, -0.25) is 14.4 Å². The van der Waals surface area contributed by atoms with Gasteiger partial charge < -0.3 is 15.1 Å². The molecule has 38 heavy (non-hydrogen) atoms. The van der Waals surface area contributed by atoms with Gasteiger partial charge in [-0.25, -0.2) is 0 Å². The maximum absolute atomic E-state index is 13.1. The van der Waals surface area contributed by atoms with Gasteiger partial charge in [0, 0.05) is 50.3 Å². The van der Waals surface area contributed by atoms with Gasteiger partial charge in [-0.2, -0.15) is 0 Å². The quantitative estimate of drug-likeness (QED) is 0.496. The highest BCUT2D eigenvalue weighted by Gasteiger charge is 2.31. The van der Waals surface area contributed by atoms with Gasteiger partial charge in [-0.1, -0.05) is 56.3 Å². The van der Waals surface area contributed by atoms with E-state index in [1.54, 1.807) is 24.3 Å². The molecule has 0 aliphatic carbocycles. The first-order valence-corrected chi connectivity index (χ1v) is 13.8. The highest BCUT2D eigenvalue weighted by molar-refractivity contribution is 5.98. The summed E-state index contributed by atoms with van der Waals surface area (Å²) in [6, 6.07) is 21.7. The molecule has 3 atom stereocenters. The van der Waals surface area contributed by atoms with Crippen LogP contribution in [0.15, 0.2) is 66.7 Å². The third kappa shape index (κ3) is 5.90. The molecule has 0 bridgehead atoms. The van der Waals surface area contributed by atoms with Gasteiger partial charge in [0.2, 0.25) is 5.91 Å². The zero-order valence-electron chi connectivity index (χ0n) is 22.4. The molecule has 2 fully saturated rings. The van der Waals surface area contributed by atoms with E-state index in [2.05, 4.69) is 49.5 Å². The third-order valence-electron chi connectivity index (χ3n) is 8.25. The Hall–Kier alpha value is -3.67. The van der Waals surface area contributed by atoms with E-state index in [0.717, 1.165) is 25.9 Å². The molecule has 0 radical (unpaired) electrons. The molecule has 2 saturated heterocycles. The Balaban J connectivity index is 1.07. The smallest absolute Gasteiger partial charge is 0.253 e. The van der Waals surface area contributed by atoms with Crippen molar-refractivity contribution in [3.8, 4) is 0 Å². The van der Waals surface area contributed by atoms with Gasteiger partial charge >= 0.3 is 0 Å². The summed E-state index contributed by atoms with van der Waals surface area (Å²) in [4.78, 5) is 42.2. The van der Waals surface area contributed by atoms with Gasteiger partial charge in [0.15, 0.2) is 0 Å². The van der Waals surface area contributed by atoms with Crippen molar-refractivity contribution in [3.05, 3.63) is 83.4 Å². The molecular formula is C32H37N3O3. The van der Waals surface area contributed by atoms with E-state index < -0.39 is 0 Å². The monoisotopic (exact) mass is 511 g/mol. The van der Waals surface area contributed by atoms with Crippen molar-refractivity contribution in [1.82, 2.24) is 15.1 Å². The summed E-state index contributed by atoms with van der Waals surface area (Å²) in [5.41, 5.74) is 2.42. The Morgan fingerprint density at radius 3 is 2.11 bits per heavy atom. The largest absolute Gasteiger partial charge is 0.356 e. The second-order valence-electron chi connectivity index (χ2n) is 11.1. The summed E-state index contributed by atoms with van der Waals surface area (Å²) < 4.78 is 0. The molecule has 198 valence electrons. The zero-order valence-corrected chi connectivity index (χ0v) is 22.4. The van der Waals surface area contributed by atoms with Crippen LogP contribution in [0.25, 0.3) is 10.8 Å². The van der Waals surface area contributed by atoms with Crippen LogP contribution in [0.1, 0.15) is 53.0 Å². The number of nitrogens with one attached hydrogen (secondary N) is 1. The van der Waals surface area contributed by atoms with Crippen LogP contribution in [0.3, 0.4) is 0 Å². The second kappa shape index (κ2) is 11.4. The van der Waals surface area contributed by atoms with Crippen molar-refractivity contribution in [1.29, 1.82) is 0 Å². The van der Waals surface area contributed by atoms with Crippen LogP contribution >= 0.6 is 0 Å². The fraction of sp³-hybridized carbons (Fsp3) is 0.406. The van der Waals surface area contributed by atoms with Gasteiger partial charge in [0.05, 0.1) is 0 Å². The fourth-order valence-corrected chi connectivity index (χ4v) is 5.67. The van der Waals surface area contributed by atoms with Gasteiger partial charge in [-0.15, -0.1) is 0 Å². The van der Waals surface area contributed by atoms with Gasteiger partial charge in [-0.05, 0) is 71.2 Å². The number of carbonyl (C=O) groups is 3. The van der Waals surface area contributed by atoms with E-state index in [-0.39, 0.29) is 23.6 Å². The number of hydrogen-bond donors (Lipinski definition) is 1. The summed E-state index contributed by atoms with van der Waals surface area (Å²) in [7, 11) is 0. The maximum Gasteiger partial charge on any atom is 0.253 e. The van der Waals surface area contributed by atoms with Crippen LogP contribution in [-0.2, 0) is 11.2 Å². The van der Waals surface area contributed by atoms with Crippen molar-refractivity contribution < 1.29 is 14.4 Å². The molecule has 5 rings (SSSR count). The first kappa shape index (κ1) is 26.0. The molecule has 3 amide bonds. The molecular weight excluding hydrogens is 474 g/mol. The molecule has 6 nitrogen and oxygen atoms in total. The first-order chi connectivity index (χ1) is 18.4. The molecule has 1 N–H and O–H groups in total. The van der Waals surface area contributed by atoms with Crippen LogP contribution < -0.4 is 5.32 Å². The average molecular weight is 512 g/mol. The molecule has 2 aliphatic heterocycles. The normalized spacial score (nSPS) is 21.2. The Morgan fingerprint density at radius 1 is 0.789 bits per heavy atom. The number of rotatable bonds is 7. The number of fused-ring (bicyclic) bond motifs is 1. The predicted octanol–water partition coefficient (Wildman–Crippen LogP) is 4.78. The molecule has 2 aliphatic rings. The Kier molecular flexibility index (Phi) is 7.77. The summed E-state index contributed by atoms with van der Waals surface area (Å²) in [5, 5.41) is 5.48. The van der Waals surface area contributed by atoms with E-state index >= 15 is 0 Å². The van der Waals surface area contributed by atoms with E-state index in [4.69, 9.17) is 0 Å². The summed E-state index contributed by atoms with van der Waals surface area (Å²) in [5.74, 6) is 1.22. The van der Waals surface area contributed by atoms with E-state index in [1.165, 1.54) is 16.3 Å². The third-order valence-corrected chi connectivity index (χ3v) is 8.25. The number of amides is 3. The Bertz CT molecular complexity index is 1310. The van der Waals surface area contributed by atoms with Crippen molar-refractivity contribution in [3.63, 3.8) is 0 Å². The second-order valence-corrected chi connectivity index (χ2v) is 11.1. The van der Waals surface area contributed by atoms with Crippen LogP contribution in [-0.4, -0.2) is 60.2 Å². The molecule has 0 aromatic heterocycles. The minimum atomic E-state index is -0.0355. The lowest BCUT2D eigenvalue weighted by atomic mass is 10.0. The van der Waals surface area contributed by atoms with Gasteiger partial charge in [0.1, 0.15) is 0 Å². The Morgan fingerprint density at radius 2 is 1.42 bits per heavy atom. The van der Waals surface area contributed by atoms with Crippen molar-refractivity contribution in [2.24, 2.45) is 17.8 Å². The standard InChI is InChI=1S/C32H37N3O3/c1-22-19-35(20-23(22)2)32(38)28-11-9-27(10-12-28)31(37)34-16-14-25(21-34)18-30(36)33-15-13-24-7-8-26-5-3-4-6-29(26)17-24/h3-12,17,22-23,25H,13-16,18-21H2,1-2H3,(H,33,36)/t22-,23?,25?/m0/s1. The van der Waals surface area contributed by atoms with Gasteiger partial charge in [0.25, 0.3) is 11.8 Å². The first-order valence-electron chi connectivity index (χ1n) is 13.8. The number of hydrogen-bond acceptors (Lipinski definition) is 3. The lowest BCUT2D eigenvalue weighted by molar-refractivity contribution is -0.121. The molecule has 0 saturated carbocycles. The van der Waals surface area contributed by atoms with Crippen molar-refractivity contribution in [2.75, 3.05) is 32.7 Å². The molecule has 6 heteroatoms. The maximum atomic E-state index is 13.1. The SMILES string of the molecule is CC1CN(C(=O)c2ccc(C(=O)N3CCC(CC(=O)NCCc4ccc5ccccc5c4)C3)cc2)C[C@@H]1C.